The van der Waals surface area contributed by atoms with Crippen LogP contribution in [0.3, 0.4) is 0 Å². The maximum Gasteiger partial charge on any atom is 0.494 e. The molecule has 26 rings (SSSR count). The molecule has 0 aromatic heterocycles. The Labute approximate surface area is 878 Å². The van der Waals surface area contributed by atoms with E-state index in [9.17, 15) is 0 Å². The third kappa shape index (κ3) is 15.7. The first kappa shape index (κ1) is 94.6. The van der Waals surface area contributed by atoms with Crippen molar-refractivity contribution in [1.29, 1.82) is 0 Å². The molecule has 1 aliphatic heterocycles. The number of hydrogen-bond acceptors (Lipinski definition) is 2. The highest BCUT2D eigenvalue weighted by molar-refractivity contribution is 9.11. The highest BCUT2D eigenvalue weighted by Gasteiger charge is 2.54. The summed E-state index contributed by atoms with van der Waals surface area (Å²) in [6.07, 6.45) is 18.2. The molecule has 0 bridgehead atoms. The van der Waals surface area contributed by atoms with Crippen LogP contribution in [-0.4, -0.2) is 18.3 Å². The van der Waals surface area contributed by atoms with Gasteiger partial charge in [-0.2, -0.15) is 0 Å². The summed E-state index contributed by atoms with van der Waals surface area (Å²) in [5.74, 6) is 0. The Morgan fingerprint density at radius 1 is 0.240 bits per heavy atom. The van der Waals surface area contributed by atoms with Gasteiger partial charge in [-0.1, -0.05) is 492 Å². The third-order valence-electron chi connectivity index (χ3n) is 33.9. The molecular formula is C141H123BBr2O2. The normalized spacial score (nSPS) is 14.6. The van der Waals surface area contributed by atoms with Gasteiger partial charge in [-0.05, 0) is 340 Å². The molecule has 0 N–H and O–H groups in total. The van der Waals surface area contributed by atoms with Crippen LogP contribution in [0.2, 0.25) is 0 Å². The van der Waals surface area contributed by atoms with Gasteiger partial charge in [0, 0.05) is 8.95 Å². The van der Waals surface area contributed by atoms with Crippen molar-refractivity contribution >= 4 is 131 Å². The number of rotatable bonds is 23. The first-order valence-electron chi connectivity index (χ1n) is 53.4. The number of fused-ring (bicyclic) bond motifs is 13. The summed E-state index contributed by atoms with van der Waals surface area (Å²) < 4.78 is 15.6. The molecule has 0 atom stereocenters. The Bertz CT molecular complexity index is 8580. The van der Waals surface area contributed by atoms with E-state index in [0.29, 0.717) is 0 Å². The van der Waals surface area contributed by atoms with Crippen molar-refractivity contribution in [1.82, 2.24) is 0 Å². The van der Waals surface area contributed by atoms with E-state index in [2.05, 4.69) is 495 Å². The van der Waals surface area contributed by atoms with E-state index in [1.807, 2.05) is 0 Å². The van der Waals surface area contributed by atoms with Crippen LogP contribution in [0.4, 0.5) is 0 Å². The fourth-order valence-corrected chi connectivity index (χ4v) is 26.9. The van der Waals surface area contributed by atoms with Gasteiger partial charge in [0.1, 0.15) is 0 Å². The summed E-state index contributed by atoms with van der Waals surface area (Å²) in [5, 5.41) is 20.7. The SMILES string of the molecule is Brc1ccc2ccc3c(Br)c4ccccc4c4ccc1c2c34.CCCCCCCCc1ccc(C2(c3ccc(CCCCCCCC)cc3)c3ccccc3-c3ccc(B4OC(C)(C)C(C)(C)O4)cc32)cc1.Cc1ccc(C2(c3ccc(C)cc3)c3ccccc3-c3ccc(-c4ccc5ccc6c(-c7ccc8c(c7)C(c7ccc(C)cc7)(c7ccc(C)cc7)c7ccccc7-8)c7ccccc7c7ccc4c5c67)cc32)cc1. The second-order valence-corrected chi connectivity index (χ2v) is 44.8. The van der Waals surface area contributed by atoms with Crippen molar-refractivity contribution in [3.05, 3.63) is 503 Å². The summed E-state index contributed by atoms with van der Waals surface area (Å²) in [7, 11) is -0.411. The lowest BCUT2D eigenvalue weighted by Gasteiger charge is -2.34. The second kappa shape index (κ2) is 38.3. The quantitative estimate of drug-likeness (QED) is 0.0275. The molecule has 0 saturated carbocycles. The summed E-state index contributed by atoms with van der Waals surface area (Å²) in [5.41, 5.74) is 35.3. The minimum absolute atomic E-state index is 0.394. The largest absolute Gasteiger partial charge is 0.494 e. The first-order chi connectivity index (χ1) is 71.3. The van der Waals surface area contributed by atoms with E-state index >= 15 is 0 Å². The molecule has 22 aromatic carbocycles. The Balaban J connectivity index is 0.000000136. The van der Waals surface area contributed by atoms with Gasteiger partial charge in [0.25, 0.3) is 0 Å². The highest BCUT2D eigenvalue weighted by atomic mass is 79.9. The van der Waals surface area contributed by atoms with Gasteiger partial charge in [0.15, 0.2) is 0 Å². The lowest BCUT2D eigenvalue weighted by Crippen LogP contribution is -2.41. The average molecular weight is 2020 g/mol. The zero-order valence-corrected chi connectivity index (χ0v) is 88.7. The van der Waals surface area contributed by atoms with E-state index in [4.69, 9.17) is 9.31 Å². The molecule has 3 aliphatic carbocycles. The standard InChI is InChI=1S/C74H52.C47H61BO2.C20H10Br2/c1-45-17-29-52(30-18-45)73(53-31-19-46(2)20-32-53)66-15-9-7-12-58(66)60-38-27-50(43-68(60)73)56-37-25-49-26-40-65-70(62-14-6-5-11-57(62)64-42-41-63(56)71(49)72(64)65)51-28-39-61-59-13-8-10-16-67(59)74(69(61)44-51,54-33-21-47(3)22-34-54)55-35-23-48(4)24-36-55;1-7-9-11-13-15-17-21-36-25-29-38(30-26-36)47(39-31-27-37(28-32-39)22-18-16-14-12-10-8-2)43-24-20-19-23-41(43)42-34-33-40(35-44(42)47)48-49-45(3,4)46(5,6)50-48;21-17-10-6-11-5-7-16-19-13(8-9-15(17)18(11)19)12-3-1-2-4-14(12)20(16)22/h5-44H,1-4H3;19-20,23-35H,7-18,21-22H2,1-6H3;1-10H. The number of aryl methyl sites for hydroxylation is 6. The average Bonchev–Trinajstić information content (AvgIpc) is 1.30. The maximum absolute atomic E-state index is 6.61. The van der Waals surface area contributed by atoms with Crippen molar-refractivity contribution in [3.8, 4) is 55.6 Å². The van der Waals surface area contributed by atoms with Crippen LogP contribution in [0.25, 0.3) is 142 Å². The lowest BCUT2D eigenvalue weighted by atomic mass is 9.66. The van der Waals surface area contributed by atoms with E-state index in [0.717, 1.165) is 22.8 Å². The predicted molar refractivity (Wildman–Crippen MR) is 629 cm³/mol. The van der Waals surface area contributed by atoms with Gasteiger partial charge in [-0.15, -0.1) is 0 Å². The molecule has 1 fully saturated rings. The molecule has 1 saturated heterocycles. The highest BCUT2D eigenvalue weighted by Crippen LogP contribution is 2.62. The summed E-state index contributed by atoms with van der Waals surface area (Å²) in [6.45, 7) is 21.9. The molecule has 5 heteroatoms. The summed E-state index contributed by atoms with van der Waals surface area (Å²) >= 11 is 7.53. The monoisotopic (exact) mass is 2020 g/mol. The second-order valence-electron chi connectivity index (χ2n) is 43.1. The Kier molecular flexibility index (Phi) is 24.9. The van der Waals surface area contributed by atoms with Crippen molar-refractivity contribution in [2.24, 2.45) is 0 Å². The van der Waals surface area contributed by atoms with E-state index in [1.165, 1.54) is 323 Å². The van der Waals surface area contributed by atoms with Gasteiger partial charge in [-0.3, -0.25) is 0 Å². The Morgan fingerprint density at radius 3 is 1.04 bits per heavy atom. The van der Waals surface area contributed by atoms with Gasteiger partial charge in [0.05, 0.1) is 27.4 Å². The molecule has 2 nitrogen and oxygen atoms in total. The Morgan fingerprint density at radius 2 is 0.568 bits per heavy atom. The molecular weight excluding hydrogens is 1900 g/mol. The fourth-order valence-electron chi connectivity index (χ4n) is 25.7. The molecule has 0 amide bonds. The van der Waals surface area contributed by atoms with Crippen LogP contribution in [0, 0.1) is 27.7 Å². The Hall–Kier alpha value is -13.6. The predicted octanol–water partition coefficient (Wildman–Crippen LogP) is 38.4. The smallest absolute Gasteiger partial charge is 0.399 e. The van der Waals surface area contributed by atoms with Gasteiger partial charge < -0.3 is 9.31 Å². The number of halogens is 2. The molecule has 4 aliphatic rings. The molecule has 0 spiro atoms. The maximum atomic E-state index is 6.61. The first-order valence-corrected chi connectivity index (χ1v) is 55.0. The van der Waals surface area contributed by atoms with Crippen LogP contribution in [0.5, 0.6) is 0 Å². The molecule has 716 valence electrons. The van der Waals surface area contributed by atoms with Crippen molar-refractivity contribution in [2.45, 2.75) is 187 Å². The van der Waals surface area contributed by atoms with Crippen molar-refractivity contribution in [3.63, 3.8) is 0 Å². The molecule has 1 heterocycles. The minimum Gasteiger partial charge on any atom is -0.399 e. The van der Waals surface area contributed by atoms with Gasteiger partial charge >= 0.3 is 7.12 Å². The zero-order valence-electron chi connectivity index (χ0n) is 85.6. The van der Waals surface area contributed by atoms with Gasteiger partial charge in [0.2, 0.25) is 0 Å². The molecule has 0 radical (unpaired) electrons. The zero-order chi connectivity index (χ0) is 99.5. The van der Waals surface area contributed by atoms with E-state index in [-0.39, 0.29) is 0 Å². The van der Waals surface area contributed by atoms with Crippen molar-refractivity contribution in [2.75, 3.05) is 0 Å². The van der Waals surface area contributed by atoms with Crippen LogP contribution in [0.1, 0.15) is 219 Å². The third-order valence-corrected chi connectivity index (χ3v) is 35.4. The van der Waals surface area contributed by atoms with Gasteiger partial charge in [-0.25, -0.2) is 0 Å². The summed E-state index contributed by atoms with van der Waals surface area (Å²) in [4.78, 5) is 0. The topological polar surface area (TPSA) is 18.5 Å². The van der Waals surface area contributed by atoms with Crippen LogP contribution >= 0.6 is 31.9 Å². The summed E-state index contributed by atoms with van der Waals surface area (Å²) in [6, 6.07) is 151. The van der Waals surface area contributed by atoms with Crippen molar-refractivity contribution < 1.29 is 9.31 Å². The van der Waals surface area contributed by atoms with Crippen LogP contribution in [0.15, 0.2) is 403 Å². The number of unbranched alkanes of at least 4 members (excludes halogenated alkanes) is 10. The molecule has 146 heavy (non-hydrogen) atoms. The number of hydrogen-bond donors (Lipinski definition) is 0. The molecule has 22 aromatic rings. The van der Waals surface area contributed by atoms with E-state index in [1.54, 1.807) is 0 Å². The van der Waals surface area contributed by atoms with Crippen LogP contribution in [-0.2, 0) is 38.4 Å². The minimum atomic E-state index is -0.508. The van der Waals surface area contributed by atoms with E-state index < -0.39 is 34.6 Å². The number of benzene rings is 22. The lowest BCUT2D eigenvalue weighted by molar-refractivity contribution is 0.00578. The fraction of sp³-hybridized carbons (Fsp3) is 0.206. The van der Waals surface area contributed by atoms with Crippen LogP contribution < -0.4 is 5.46 Å². The molecule has 0 unspecified atom stereocenters.